The van der Waals surface area contributed by atoms with Crippen molar-refractivity contribution in [2.75, 3.05) is 25.0 Å². The Kier molecular flexibility index (Phi) is 4.21. The SMILES string of the molecule is CC(C)(C)C(CBr)CN1CC2CCC(O)C2C1. The molecule has 0 spiro atoms. The third kappa shape index (κ3) is 3.05. The summed E-state index contributed by atoms with van der Waals surface area (Å²) in [5.74, 6) is 2.02. The van der Waals surface area contributed by atoms with Crippen molar-refractivity contribution in [2.45, 2.75) is 39.7 Å². The molecule has 1 N–H and O–H groups in total. The van der Waals surface area contributed by atoms with Crippen LogP contribution in [-0.2, 0) is 0 Å². The van der Waals surface area contributed by atoms with E-state index in [1.165, 1.54) is 19.5 Å². The van der Waals surface area contributed by atoms with Gasteiger partial charge < -0.3 is 10.0 Å². The van der Waals surface area contributed by atoms with E-state index in [0.29, 0.717) is 17.3 Å². The highest BCUT2D eigenvalue weighted by molar-refractivity contribution is 9.09. The van der Waals surface area contributed by atoms with Gasteiger partial charge in [-0.15, -0.1) is 0 Å². The predicted octanol–water partition coefficient (Wildman–Crippen LogP) is 2.75. The quantitative estimate of drug-likeness (QED) is 0.811. The van der Waals surface area contributed by atoms with Crippen LogP contribution in [0.15, 0.2) is 0 Å². The van der Waals surface area contributed by atoms with E-state index in [0.717, 1.165) is 24.2 Å². The summed E-state index contributed by atoms with van der Waals surface area (Å²) in [5, 5.41) is 11.0. The molecule has 1 heterocycles. The van der Waals surface area contributed by atoms with E-state index < -0.39 is 0 Å². The molecule has 0 amide bonds. The van der Waals surface area contributed by atoms with Gasteiger partial charge in [0.15, 0.2) is 0 Å². The Morgan fingerprint density at radius 1 is 1.29 bits per heavy atom. The Morgan fingerprint density at radius 2 is 2.00 bits per heavy atom. The predicted molar refractivity (Wildman–Crippen MR) is 75.4 cm³/mol. The number of hydrogen-bond donors (Lipinski definition) is 1. The van der Waals surface area contributed by atoms with Gasteiger partial charge in [-0.1, -0.05) is 36.7 Å². The highest BCUT2D eigenvalue weighted by Crippen LogP contribution is 2.39. The van der Waals surface area contributed by atoms with E-state index in [4.69, 9.17) is 0 Å². The van der Waals surface area contributed by atoms with Crippen LogP contribution in [0, 0.1) is 23.2 Å². The van der Waals surface area contributed by atoms with Crippen LogP contribution in [0.5, 0.6) is 0 Å². The molecule has 2 nitrogen and oxygen atoms in total. The monoisotopic (exact) mass is 303 g/mol. The standard InChI is InChI=1S/C14H26BrNO/c1-14(2,3)11(6-15)8-16-7-10-4-5-13(17)12(10)9-16/h10-13,17H,4-9H2,1-3H3. The maximum atomic E-state index is 9.93. The van der Waals surface area contributed by atoms with Gasteiger partial charge in [0.05, 0.1) is 6.10 Å². The van der Waals surface area contributed by atoms with Crippen molar-refractivity contribution < 1.29 is 5.11 Å². The number of aliphatic hydroxyl groups is 1. The fraction of sp³-hybridized carbons (Fsp3) is 1.00. The van der Waals surface area contributed by atoms with Crippen LogP contribution in [0.25, 0.3) is 0 Å². The van der Waals surface area contributed by atoms with Crippen LogP contribution in [0.1, 0.15) is 33.6 Å². The second-order valence-electron chi connectivity index (χ2n) is 7.00. The zero-order valence-electron chi connectivity index (χ0n) is 11.3. The fourth-order valence-corrected chi connectivity index (χ4v) is 4.52. The molecule has 1 aliphatic heterocycles. The number of nitrogens with zero attached hydrogens (tertiary/aromatic N) is 1. The molecule has 2 fully saturated rings. The number of alkyl halides is 1. The van der Waals surface area contributed by atoms with Crippen molar-refractivity contribution >= 4 is 15.9 Å². The first-order valence-electron chi connectivity index (χ1n) is 6.88. The van der Waals surface area contributed by atoms with Crippen molar-refractivity contribution in [1.82, 2.24) is 4.90 Å². The van der Waals surface area contributed by atoms with Gasteiger partial charge in [-0.25, -0.2) is 0 Å². The second-order valence-corrected chi connectivity index (χ2v) is 7.65. The van der Waals surface area contributed by atoms with Gasteiger partial charge in [-0.05, 0) is 30.1 Å². The van der Waals surface area contributed by atoms with Crippen LogP contribution < -0.4 is 0 Å². The highest BCUT2D eigenvalue weighted by atomic mass is 79.9. The van der Waals surface area contributed by atoms with Crippen molar-refractivity contribution in [3.8, 4) is 0 Å². The summed E-state index contributed by atoms with van der Waals surface area (Å²) in [6, 6.07) is 0. The lowest BCUT2D eigenvalue weighted by Gasteiger charge is -2.33. The van der Waals surface area contributed by atoms with Crippen LogP contribution in [0.3, 0.4) is 0 Å². The fourth-order valence-electron chi connectivity index (χ4n) is 3.34. The largest absolute Gasteiger partial charge is 0.393 e. The third-order valence-corrected chi connectivity index (χ3v) is 5.57. The van der Waals surface area contributed by atoms with E-state index in [9.17, 15) is 5.11 Å². The van der Waals surface area contributed by atoms with Gasteiger partial charge in [-0.3, -0.25) is 0 Å². The van der Waals surface area contributed by atoms with Gasteiger partial charge in [0.2, 0.25) is 0 Å². The van der Waals surface area contributed by atoms with Gasteiger partial charge in [0.1, 0.15) is 0 Å². The molecule has 1 saturated carbocycles. The van der Waals surface area contributed by atoms with Crippen LogP contribution in [0.2, 0.25) is 0 Å². The summed E-state index contributed by atoms with van der Waals surface area (Å²) >= 11 is 3.66. The third-order valence-electron chi connectivity index (χ3n) is 4.78. The summed E-state index contributed by atoms with van der Waals surface area (Å²) in [5.41, 5.74) is 0.361. The molecule has 2 aliphatic rings. The van der Waals surface area contributed by atoms with Gasteiger partial charge in [-0.2, -0.15) is 0 Å². The molecule has 4 unspecified atom stereocenters. The van der Waals surface area contributed by atoms with E-state index in [2.05, 4.69) is 41.6 Å². The minimum atomic E-state index is -0.0259. The lowest BCUT2D eigenvalue weighted by Crippen LogP contribution is -2.36. The van der Waals surface area contributed by atoms with Crippen molar-refractivity contribution in [3.05, 3.63) is 0 Å². The Balaban J connectivity index is 1.89. The van der Waals surface area contributed by atoms with E-state index in [1.807, 2.05) is 0 Å². The molecule has 1 aliphatic carbocycles. The summed E-state index contributed by atoms with van der Waals surface area (Å²) in [6.45, 7) is 10.5. The highest BCUT2D eigenvalue weighted by Gasteiger charge is 2.42. The summed E-state index contributed by atoms with van der Waals surface area (Å²) in [4.78, 5) is 2.58. The molecule has 0 aromatic rings. The van der Waals surface area contributed by atoms with Gasteiger partial charge in [0, 0.05) is 30.9 Å². The molecular formula is C14H26BrNO. The van der Waals surface area contributed by atoms with Crippen molar-refractivity contribution in [2.24, 2.45) is 23.2 Å². The first kappa shape index (κ1) is 13.8. The van der Waals surface area contributed by atoms with Gasteiger partial charge >= 0.3 is 0 Å². The van der Waals surface area contributed by atoms with Gasteiger partial charge in [0.25, 0.3) is 0 Å². The summed E-state index contributed by atoms with van der Waals surface area (Å²) in [6.07, 6.45) is 2.24. The molecule has 100 valence electrons. The number of aliphatic hydroxyl groups excluding tert-OH is 1. The molecule has 0 aromatic heterocycles. The Hall–Kier alpha value is 0.400. The Bertz CT molecular complexity index is 263. The van der Waals surface area contributed by atoms with E-state index in [-0.39, 0.29) is 6.10 Å². The molecule has 17 heavy (non-hydrogen) atoms. The molecule has 0 radical (unpaired) electrons. The minimum absolute atomic E-state index is 0.0259. The molecular weight excluding hydrogens is 278 g/mol. The molecule has 1 saturated heterocycles. The van der Waals surface area contributed by atoms with Crippen LogP contribution in [-0.4, -0.2) is 41.1 Å². The van der Waals surface area contributed by atoms with Crippen LogP contribution >= 0.6 is 15.9 Å². The topological polar surface area (TPSA) is 23.5 Å². The maximum Gasteiger partial charge on any atom is 0.0583 e. The number of hydrogen-bond acceptors (Lipinski definition) is 2. The van der Waals surface area contributed by atoms with Crippen LogP contribution in [0.4, 0.5) is 0 Å². The number of likely N-dealkylation sites (tertiary alicyclic amines) is 1. The van der Waals surface area contributed by atoms with Crippen molar-refractivity contribution in [1.29, 1.82) is 0 Å². The number of halogens is 1. The molecule has 3 heteroatoms. The normalized spacial score (nSPS) is 36.2. The minimum Gasteiger partial charge on any atom is -0.393 e. The molecule has 2 rings (SSSR count). The average molecular weight is 304 g/mol. The lowest BCUT2D eigenvalue weighted by molar-refractivity contribution is 0.117. The molecule has 0 bridgehead atoms. The smallest absolute Gasteiger partial charge is 0.0583 e. The van der Waals surface area contributed by atoms with Crippen molar-refractivity contribution in [3.63, 3.8) is 0 Å². The zero-order chi connectivity index (χ0) is 12.6. The second kappa shape index (κ2) is 5.18. The first-order valence-corrected chi connectivity index (χ1v) is 8.00. The zero-order valence-corrected chi connectivity index (χ0v) is 12.9. The van der Waals surface area contributed by atoms with E-state index >= 15 is 0 Å². The lowest BCUT2D eigenvalue weighted by atomic mass is 9.82. The number of fused-ring (bicyclic) bond motifs is 1. The van der Waals surface area contributed by atoms with E-state index in [1.54, 1.807) is 0 Å². The number of rotatable bonds is 3. The Morgan fingerprint density at radius 3 is 2.53 bits per heavy atom. The Labute approximate surface area is 114 Å². The molecule has 0 aromatic carbocycles. The molecule has 4 atom stereocenters. The summed E-state index contributed by atoms with van der Waals surface area (Å²) in [7, 11) is 0. The average Bonchev–Trinajstić information content (AvgIpc) is 2.76. The summed E-state index contributed by atoms with van der Waals surface area (Å²) < 4.78 is 0. The first-order chi connectivity index (χ1) is 7.91. The maximum absolute atomic E-state index is 9.93.